The van der Waals surface area contributed by atoms with Crippen molar-refractivity contribution in [3.05, 3.63) is 95.6 Å². The first kappa shape index (κ1) is 28.1. The molecule has 1 heterocycles. The largest absolute Gasteiger partial charge is 0.497 e. The van der Waals surface area contributed by atoms with Gasteiger partial charge in [0.25, 0.3) is 0 Å². The van der Waals surface area contributed by atoms with Gasteiger partial charge >= 0.3 is 5.97 Å². The number of aliphatic carboxylic acids is 1. The molecule has 3 aromatic carbocycles. The summed E-state index contributed by atoms with van der Waals surface area (Å²) in [6, 6.07) is 24.8. The number of methoxy groups -OCH3 is 2. The van der Waals surface area contributed by atoms with Gasteiger partial charge in [-0.15, -0.1) is 0 Å². The molecule has 206 valence electrons. The van der Waals surface area contributed by atoms with Gasteiger partial charge in [0.1, 0.15) is 17.1 Å². The molecule has 0 bridgehead atoms. The maximum atomic E-state index is 13.0. The van der Waals surface area contributed by atoms with Crippen LogP contribution in [-0.2, 0) is 19.9 Å². The van der Waals surface area contributed by atoms with Crippen molar-refractivity contribution in [1.29, 1.82) is 0 Å². The quantitative estimate of drug-likeness (QED) is 0.356. The Morgan fingerprint density at radius 1 is 0.846 bits per heavy atom. The molecule has 0 saturated carbocycles. The van der Waals surface area contributed by atoms with Crippen molar-refractivity contribution in [3.8, 4) is 11.5 Å². The predicted molar refractivity (Wildman–Crippen MR) is 146 cm³/mol. The number of hydrogen-bond acceptors (Lipinski definition) is 6. The fourth-order valence-corrected chi connectivity index (χ4v) is 5.17. The zero-order valence-corrected chi connectivity index (χ0v) is 22.3. The first-order valence-corrected chi connectivity index (χ1v) is 13.0. The van der Waals surface area contributed by atoms with Crippen LogP contribution >= 0.6 is 0 Å². The molecule has 39 heavy (non-hydrogen) atoms. The van der Waals surface area contributed by atoms with E-state index in [0.717, 1.165) is 16.7 Å². The summed E-state index contributed by atoms with van der Waals surface area (Å²) in [5, 5.41) is 19.6. The lowest BCUT2D eigenvalue weighted by molar-refractivity contribution is -0.145. The fourth-order valence-electron chi connectivity index (χ4n) is 5.17. The minimum atomic E-state index is -1.06. The predicted octanol–water partition coefficient (Wildman–Crippen LogP) is 4.23. The topological polar surface area (TPSA) is 106 Å². The van der Waals surface area contributed by atoms with Gasteiger partial charge in [-0.1, -0.05) is 54.6 Å². The Morgan fingerprint density at radius 2 is 1.38 bits per heavy atom. The summed E-state index contributed by atoms with van der Waals surface area (Å²) < 4.78 is 17.7. The summed E-state index contributed by atoms with van der Waals surface area (Å²) in [6.07, 6.45) is -0.125. The number of carbonyl (C=O) groups is 2. The molecule has 1 amide bonds. The number of piperidine rings is 1. The number of nitrogens with zero attached hydrogens (tertiary/aromatic N) is 1. The van der Waals surface area contributed by atoms with Crippen molar-refractivity contribution in [2.24, 2.45) is 0 Å². The second kappa shape index (κ2) is 12.8. The number of benzene rings is 3. The van der Waals surface area contributed by atoms with Crippen molar-refractivity contribution in [2.45, 2.75) is 43.4 Å². The Hall–Kier alpha value is -3.88. The van der Waals surface area contributed by atoms with Crippen molar-refractivity contribution < 1.29 is 34.0 Å². The molecule has 0 aliphatic carbocycles. The highest BCUT2D eigenvalue weighted by atomic mass is 16.5. The molecule has 8 nitrogen and oxygen atoms in total. The Bertz CT molecular complexity index is 1180. The number of carbonyl (C=O) groups excluding carboxylic acids is 1. The number of carboxylic acids is 1. The number of rotatable bonds is 11. The minimum Gasteiger partial charge on any atom is -0.497 e. The van der Waals surface area contributed by atoms with Crippen LogP contribution in [0.1, 0.15) is 42.4 Å². The first-order chi connectivity index (χ1) is 18.9. The summed E-state index contributed by atoms with van der Waals surface area (Å²) in [5.41, 5.74) is 1.55. The molecule has 0 spiro atoms. The fraction of sp³-hybridized carbons (Fsp3) is 0.355. The van der Waals surface area contributed by atoms with E-state index in [2.05, 4.69) is 0 Å². The van der Waals surface area contributed by atoms with E-state index < -0.39 is 23.7 Å². The summed E-state index contributed by atoms with van der Waals surface area (Å²) in [4.78, 5) is 25.7. The Morgan fingerprint density at radius 3 is 1.90 bits per heavy atom. The van der Waals surface area contributed by atoms with E-state index in [1.807, 2.05) is 78.9 Å². The zero-order valence-electron chi connectivity index (χ0n) is 22.3. The van der Waals surface area contributed by atoms with Gasteiger partial charge < -0.3 is 29.3 Å². The summed E-state index contributed by atoms with van der Waals surface area (Å²) in [7, 11) is 3.23. The third-order valence-corrected chi connectivity index (χ3v) is 7.23. The lowest BCUT2D eigenvalue weighted by Gasteiger charge is -2.42. The molecule has 1 saturated heterocycles. The van der Waals surface area contributed by atoms with Crippen LogP contribution in [0.3, 0.4) is 0 Å². The van der Waals surface area contributed by atoms with Crippen LogP contribution in [0.2, 0.25) is 0 Å². The molecule has 0 aromatic heterocycles. The number of aliphatic hydroxyl groups is 1. The van der Waals surface area contributed by atoms with E-state index in [0.29, 0.717) is 30.9 Å². The molecule has 0 radical (unpaired) electrons. The third kappa shape index (κ3) is 6.41. The molecular formula is C31H35NO7. The second-order valence-electron chi connectivity index (χ2n) is 9.63. The Kier molecular flexibility index (Phi) is 9.22. The number of carboxylic acid groups (broad SMARTS) is 1. The number of likely N-dealkylation sites (tertiary alicyclic amines) is 1. The summed E-state index contributed by atoms with van der Waals surface area (Å²) in [5.74, 6) is 0.148. The Balaban J connectivity index is 1.77. The molecule has 2 N–H and O–H groups in total. The highest BCUT2D eigenvalue weighted by molar-refractivity contribution is 5.81. The SMILES string of the molecule is COc1ccc(C(OC[C@H]2C[C@H](O)CCN2C(=O)CCC(=O)O)(c2ccccc2)c2ccc(OC)cc2)cc1. The Labute approximate surface area is 228 Å². The molecule has 1 aliphatic heterocycles. The van der Waals surface area contributed by atoms with Gasteiger partial charge in [-0.05, 0) is 53.8 Å². The highest BCUT2D eigenvalue weighted by Crippen LogP contribution is 2.42. The van der Waals surface area contributed by atoms with Gasteiger partial charge in [0.15, 0.2) is 0 Å². The van der Waals surface area contributed by atoms with Crippen LogP contribution in [0.5, 0.6) is 11.5 Å². The van der Waals surface area contributed by atoms with Gasteiger partial charge in [0, 0.05) is 13.0 Å². The average Bonchev–Trinajstić information content (AvgIpc) is 2.97. The third-order valence-electron chi connectivity index (χ3n) is 7.23. The standard InChI is InChI=1S/C31H35NO7/c1-37-27-12-8-23(9-13-27)31(22-6-4-3-5-7-22,24-10-14-28(38-2)15-11-24)39-21-25-20-26(33)18-19-32(25)29(34)16-17-30(35)36/h3-15,25-26,33H,16-21H2,1-2H3,(H,35,36)/t25-,26-/m1/s1. The van der Waals surface area contributed by atoms with Crippen LogP contribution in [0.25, 0.3) is 0 Å². The average molecular weight is 534 g/mol. The van der Waals surface area contributed by atoms with Crippen LogP contribution in [0.15, 0.2) is 78.9 Å². The lowest BCUT2D eigenvalue weighted by atomic mass is 9.80. The summed E-state index contributed by atoms with van der Waals surface area (Å²) >= 11 is 0. The monoisotopic (exact) mass is 533 g/mol. The number of hydrogen-bond donors (Lipinski definition) is 2. The van der Waals surface area contributed by atoms with Crippen molar-refractivity contribution in [1.82, 2.24) is 4.90 Å². The highest BCUT2D eigenvalue weighted by Gasteiger charge is 2.40. The van der Waals surface area contributed by atoms with Gasteiger partial charge in [-0.25, -0.2) is 0 Å². The molecule has 1 fully saturated rings. The van der Waals surface area contributed by atoms with Crippen LogP contribution in [0, 0.1) is 0 Å². The van der Waals surface area contributed by atoms with E-state index >= 15 is 0 Å². The molecule has 4 rings (SSSR count). The number of ether oxygens (including phenoxy) is 3. The van der Waals surface area contributed by atoms with Crippen molar-refractivity contribution in [2.75, 3.05) is 27.4 Å². The first-order valence-electron chi connectivity index (χ1n) is 13.0. The van der Waals surface area contributed by atoms with Gasteiger partial charge in [-0.3, -0.25) is 9.59 Å². The molecular weight excluding hydrogens is 498 g/mol. The van der Waals surface area contributed by atoms with Crippen molar-refractivity contribution >= 4 is 11.9 Å². The van der Waals surface area contributed by atoms with E-state index in [1.54, 1.807) is 19.1 Å². The smallest absolute Gasteiger partial charge is 0.303 e. The number of amides is 1. The zero-order chi connectivity index (χ0) is 27.8. The summed E-state index contributed by atoms with van der Waals surface area (Å²) in [6.45, 7) is 0.472. The molecule has 1 aliphatic rings. The molecule has 3 aromatic rings. The second-order valence-corrected chi connectivity index (χ2v) is 9.63. The van der Waals surface area contributed by atoms with Gasteiger partial charge in [0.2, 0.25) is 5.91 Å². The lowest BCUT2D eigenvalue weighted by Crippen LogP contribution is -2.51. The van der Waals surface area contributed by atoms with Crippen molar-refractivity contribution in [3.63, 3.8) is 0 Å². The molecule has 2 atom stereocenters. The van der Waals surface area contributed by atoms with Gasteiger partial charge in [-0.2, -0.15) is 0 Å². The van der Waals surface area contributed by atoms with E-state index in [1.165, 1.54) is 0 Å². The maximum Gasteiger partial charge on any atom is 0.303 e. The van der Waals surface area contributed by atoms with Crippen LogP contribution < -0.4 is 9.47 Å². The molecule has 0 unspecified atom stereocenters. The van der Waals surface area contributed by atoms with E-state index in [4.69, 9.17) is 19.3 Å². The van der Waals surface area contributed by atoms with E-state index in [9.17, 15) is 14.7 Å². The number of aliphatic hydroxyl groups excluding tert-OH is 1. The maximum absolute atomic E-state index is 13.0. The molecule has 8 heteroatoms. The van der Waals surface area contributed by atoms with Gasteiger partial charge in [0.05, 0.1) is 39.4 Å². The normalized spacial score (nSPS) is 17.5. The van der Waals surface area contributed by atoms with Crippen LogP contribution in [0.4, 0.5) is 0 Å². The minimum absolute atomic E-state index is 0.0945. The van der Waals surface area contributed by atoms with Crippen LogP contribution in [-0.4, -0.2) is 66.5 Å². The van der Waals surface area contributed by atoms with E-state index in [-0.39, 0.29) is 25.4 Å².